The molecule has 0 aromatic carbocycles. The molecule has 0 amide bonds. The van der Waals surface area contributed by atoms with Gasteiger partial charge in [-0.05, 0) is 62.2 Å². The number of carbonyl (C=O) groups is 2. The fourth-order valence-electron chi connectivity index (χ4n) is 13.8. The predicted octanol–water partition coefficient (Wildman–Crippen LogP) is 0.140. The summed E-state index contributed by atoms with van der Waals surface area (Å²) in [7, 11) is 0. The number of rotatable bonds is 9. The standard InChI is InChI=1S/C47H72O18/c1-19(2)25-14-28(51)47(9,65-25)39-23(49)15-44(6)27-12-10-21-22(46(27,8)29(52)16-45(39,44)7)11-13-30(43(21,4)5)62-40-36(58)37(24(50)18-59-40)63-42-38(34(56)32(54)26(17-48)61-42)64-41-35(57)33(55)31(53)20(3)60-41/h10,14,19-20,22-24,26-27,30-42,48-50,53-58H,11-13,15-18H2,1-9H3/t20-,22+,23+,24+,26+,27-,30+,31-,32+,33+,34-,35+,36+,37-,38+,39-,40-,41-,42-,44-,45+,46-,47-/m0/s1. The first-order valence-electron chi connectivity index (χ1n) is 23.4. The summed E-state index contributed by atoms with van der Waals surface area (Å²) in [4.78, 5) is 28.7. The highest BCUT2D eigenvalue weighted by atomic mass is 16.8. The van der Waals surface area contributed by atoms with Gasteiger partial charge in [-0.2, -0.15) is 0 Å². The second-order valence-electron chi connectivity index (χ2n) is 22.0. The van der Waals surface area contributed by atoms with Gasteiger partial charge in [-0.15, -0.1) is 0 Å². The Morgan fingerprint density at radius 3 is 2.08 bits per heavy atom. The lowest BCUT2D eigenvalue weighted by Crippen LogP contribution is -2.66. The van der Waals surface area contributed by atoms with Crippen molar-refractivity contribution in [1.82, 2.24) is 0 Å². The van der Waals surface area contributed by atoms with E-state index in [0.29, 0.717) is 31.4 Å². The van der Waals surface area contributed by atoms with Gasteiger partial charge in [0.05, 0.1) is 31.5 Å². The Labute approximate surface area is 379 Å². The molecule has 3 saturated heterocycles. The second-order valence-corrected chi connectivity index (χ2v) is 22.0. The number of hydrogen-bond donors (Lipinski definition) is 9. The third kappa shape index (κ3) is 7.46. The number of ketones is 2. The molecular weight excluding hydrogens is 852 g/mol. The molecule has 18 heteroatoms. The molecule has 0 spiro atoms. The molecule has 0 bridgehead atoms. The van der Waals surface area contributed by atoms with Crippen molar-refractivity contribution in [3.8, 4) is 0 Å². The molecule has 18 nitrogen and oxygen atoms in total. The Balaban J connectivity index is 1.000. The second kappa shape index (κ2) is 17.2. The number of aliphatic hydroxyl groups excluding tert-OH is 9. The molecule has 368 valence electrons. The molecule has 0 aromatic rings. The lowest BCUT2D eigenvalue weighted by Gasteiger charge is -2.65. The fourth-order valence-corrected chi connectivity index (χ4v) is 13.8. The molecular formula is C47H72O18. The number of Topliss-reactive ketones (excluding diaryl/α,β-unsaturated/α-hetero) is 1. The summed E-state index contributed by atoms with van der Waals surface area (Å²) in [5.41, 5.74) is -2.99. The van der Waals surface area contributed by atoms with Crippen molar-refractivity contribution >= 4 is 11.6 Å². The zero-order chi connectivity index (χ0) is 47.7. The summed E-state index contributed by atoms with van der Waals surface area (Å²) in [5, 5.41) is 98.0. The van der Waals surface area contributed by atoms with E-state index in [2.05, 4.69) is 26.8 Å². The van der Waals surface area contributed by atoms with E-state index in [9.17, 15) is 50.8 Å². The van der Waals surface area contributed by atoms with Gasteiger partial charge in [0.15, 0.2) is 24.5 Å². The van der Waals surface area contributed by atoms with Crippen LogP contribution in [0.4, 0.5) is 0 Å². The van der Waals surface area contributed by atoms with Crippen LogP contribution < -0.4 is 0 Å². The minimum Gasteiger partial charge on any atom is -0.483 e. The highest BCUT2D eigenvalue weighted by molar-refractivity contribution is 6.00. The van der Waals surface area contributed by atoms with Gasteiger partial charge >= 0.3 is 0 Å². The number of allylic oxidation sites excluding steroid dienone is 2. The highest BCUT2D eigenvalue weighted by Crippen LogP contribution is 2.75. The Bertz CT molecular complexity index is 1890. The van der Waals surface area contributed by atoms with E-state index in [0.717, 1.165) is 5.57 Å². The summed E-state index contributed by atoms with van der Waals surface area (Å²) in [5.74, 6) is -0.413. The first kappa shape index (κ1) is 49.4. The third-order valence-corrected chi connectivity index (χ3v) is 17.8. The molecule has 65 heavy (non-hydrogen) atoms. The first-order valence-corrected chi connectivity index (χ1v) is 23.4. The maximum Gasteiger partial charge on any atom is 0.202 e. The molecule has 4 aliphatic carbocycles. The number of carbonyl (C=O) groups excluding carboxylic acids is 2. The van der Waals surface area contributed by atoms with E-state index in [4.69, 9.17) is 33.2 Å². The third-order valence-electron chi connectivity index (χ3n) is 17.8. The molecule has 9 N–H and O–H groups in total. The van der Waals surface area contributed by atoms with Gasteiger partial charge in [-0.1, -0.05) is 60.1 Å². The topological polar surface area (TPSA) is 281 Å². The summed E-state index contributed by atoms with van der Waals surface area (Å²) < 4.78 is 42.2. The van der Waals surface area contributed by atoms with Crippen LogP contribution in [0, 0.1) is 45.3 Å². The number of ether oxygens (including phenoxy) is 7. The van der Waals surface area contributed by atoms with Crippen LogP contribution >= 0.6 is 0 Å². The first-order chi connectivity index (χ1) is 30.3. The summed E-state index contributed by atoms with van der Waals surface area (Å²) in [6, 6.07) is 0. The van der Waals surface area contributed by atoms with Crippen LogP contribution in [0.2, 0.25) is 0 Å². The van der Waals surface area contributed by atoms with E-state index >= 15 is 4.79 Å². The number of aliphatic hydroxyl groups is 9. The lowest BCUT2D eigenvalue weighted by molar-refractivity contribution is -0.384. The summed E-state index contributed by atoms with van der Waals surface area (Å²) in [6.45, 7) is 16.4. The molecule has 0 radical (unpaired) electrons. The van der Waals surface area contributed by atoms with E-state index < -0.39 is 138 Å². The number of fused-ring (bicyclic) bond motifs is 5. The molecule has 0 aromatic heterocycles. The zero-order valence-electron chi connectivity index (χ0n) is 38.9. The van der Waals surface area contributed by atoms with Crippen LogP contribution in [0.1, 0.15) is 94.4 Å². The van der Waals surface area contributed by atoms with Crippen molar-refractivity contribution in [1.29, 1.82) is 0 Å². The van der Waals surface area contributed by atoms with E-state index in [-0.39, 0.29) is 42.3 Å². The van der Waals surface area contributed by atoms with Gasteiger partial charge < -0.3 is 79.1 Å². The summed E-state index contributed by atoms with van der Waals surface area (Å²) in [6.07, 6.45) is -17.3. The predicted molar refractivity (Wildman–Crippen MR) is 225 cm³/mol. The minimum absolute atomic E-state index is 0.0127. The Kier molecular flexibility index (Phi) is 13.0. The number of hydrogen-bond acceptors (Lipinski definition) is 18. The average Bonchev–Trinajstić information content (AvgIpc) is 3.65. The van der Waals surface area contributed by atoms with Crippen LogP contribution in [0.25, 0.3) is 0 Å². The van der Waals surface area contributed by atoms with Crippen molar-refractivity contribution in [2.24, 2.45) is 45.3 Å². The van der Waals surface area contributed by atoms with Crippen molar-refractivity contribution in [2.75, 3.05) is 13.2 Å². The lowest BCUT2D eigenvalue weighted by atomic mass is 9.38. The molecule has 3 saturated carbocycles. The Hall–Kier alpha value is -1.98. The largest absolute Gasteiger partial charge is 0.483 e. The van der Waals surface area contributed by atoms with Gasteiger partial charge in [-0.3, -0.25) is 9.59 Å². The van der Waals surface area contributed by atoms with Gasteiger partial charge in [0, 0.05) is 35.2 Å². The van der Waals surface area contributed by atoms with Crippen LogP contribution in [0.5, 0.6) is 0 Å². The zero-order valence-corrected chi connectivity index (χ0v) is 38.9. The average molecular weight is 925 g/mol. The smallest absolute Gasteiger partial charge is 0.202 e. The fraction of sp³-hybridized carbons (Fsp3) is 0.872. The van der Waals surface area contributed by atoms with Crippen LogP contribution in [-0.4, -0.2) is 175 Å². The van der Waals surface area contributed by atoms with E-state index in [1.807, 2.05) is 27.7 Å². The van der Waals surface area contributed by atoms with Crippen LogP contribution in [0.15, 0.2) is 23.5 Å². The molecule has 4 aliphatic heterocycles. The maximum atomic E-state index is 15.0. The molecule has 4 heterocycles. The van der Waals surface area contributed by atoms with Gasteiger partial charge in [-0.25, -0.2) is 0 Å². The van der Waals surface area contributed by atoms with Gasteiger partial charge in [0.1, 0.15) is 72.6 Å². The van der Waals surface area contributed by atoms with Crippen molar-refractivity contribution < 1.29 is 88.7 Å². The normalized spacial score (nSPS) is 53.2. The molecule has 8 rings (SSSR count). The Morgan fingerprint density at radius 1 is 0.754 bits per heavy atom. The Morgan fingerprint density at radius 2 is 1.43 bits per heavy atom. The SMILES string of the molecule is CC(C)C1=CC(=O)[C@@](C)([C@H]2[C@H](O)C[C@@]3(C)[C@@H]4CC=C5[C@@H](CC[C@@H](O[C@@H]6OC[C@@H](O)[C@H](O[C@@H]7O[C@H](CO)[C@@H](O)[C@H](O)[C@H]7O[C@@H]7O[C@@H](C)[C@H](O)[C@@H](O)[C@H]7O)[C@H]6O)C5(C)C)[C@]4(C)C(=O)C[C@]23C)O1. The van der Waals surface area contributed by atoms with E-state index in [1.165, 1.54) is 6.92 Å². The van der Waals surface area contributed by atoms with Crippen molar-refractivity contribution in [2.45, 2.75) is 198 Å². The highest BCUT2D eigenvalue weighted by Gasteiger charge is 2.75. The van der Waals surface area contributed by atoms with Crippen molar-refractivity contribution in [3.05, 3.63) is 23.5 Å². The minimum atomic E-state index is -1.82. The maximum absolute atomic E-state index is 15.0. The van der Waals surface area contributed by atoms with Crippen LogP contribution in [0.3, 0.4) is 0 Å². The molecule has 8 aliphatic rings. The van der Waals surface area contributed by atoms with Gasteiger partial charge in [0.25, 0.3) is 0 Å². The summed E-state index contributed by atoms with van der Waals surface area (Å²) >= 11 is 0. The van der Waals surface area contributed by atoms with Crippen LogP contribution in [-0.2, 0) is 42.7 Å². The molecule has 23 atom stereocenters. The van der Waals surface area contributed by atoms with Crippen molar-refractivity contribution in [3.63, 3.8) is 0 Å². The quantitative estimate of drug-likeness (QED) is 0.139. The molecule has 6 fully saturated rings. The van der Waals surface area contributed by atoms with E-state index in [1.54, 1.807) is 13.0 Å². The van der Waals surface area contributed by atoms with Gasteiger partial charge in [0.2, 0.25) is 5.78 Å². The monoisotopic (exact) mass is 924 g/mol. The molecule has 0 unspecified atom stereocenters.